The number of amides is 1. The van der Waals surface area contributed by atoms with Crippen LogP contribution in [0.5, 0.6) is 11.5 Å². The van der Waals surface area contributed by atoms with Crippen LogP contribution in [-0.2, 0) is 21.4 Å². The van der Waals surface area contributed by atoms with Gasteiger partial charge in [-0.15, -0.1) is 0 Å². The van der Waals surface area contributed by atoms with Crippen molar-refractivity contribution in [2.75, 3.05) is 0 Å². The van der Waals surface area contributed by atoms with Crippen molar-refractivity contribution in [3.05, 3.63) is 56.9 Å². The van der Waals surface area contributed by atoms with Gasteiger partial charge in [0.2, 0.25) is 11.4 Å². The minimum Gasteiger partial charge on any atom is -0.508 e. The number of hydrogen-bond acceptors (Lipinski definition) is 9. The van der Waals surface area contributed by atoms with Crippen LogP contribution in [0.15, 0.2) is 29.0 Å². The molecule has 0 saturated carbocycles. The largest absolute Gasteiger partial charge is 0.508 e. The predicted octanol–water partition coefficient (Wildman–Crippen LogP) is 2.23. The zero-order valence-electron chi connectivity index (χ0n) is 22.4. The molecular formula is C30H29NO9. The van der Waals surface area contributed by atoms with Crippen molar-refractivity contribution in [1.82, 2.24) is 0 Å². The minimum atomic E-state index is -3.48. The Morgan fingerprint density at radius 3 is 2.20 bits per heavy atom. The molecule has 0 radical (unpaired) electrons. The highest BCUT2D eigenvalue weighted by Gasteiger charge is 2.71. The number of rotatable bonds is 1. The lowest BCUT2D eigenvalue weighted by Crippen LogP contribution is -2.70. The molecule has 2 aromatic rings. The van der Waals surface area contributed by atoms with Crippen molar-refractivity contribution in [3.63, 3.8) is 0 Å². The first-order valence-electron chi connectivity index (χ1n) is 13.0. The zero-order chi connectivity index (χ0) is 29.5. The number of allylic oxidation sites excluding steroid dienone is 2. The highest BCUT2D eigenvalue weighted by atomic mass is 16.4. The number of fused-ring (bicyclic) bond motifs is 4. The van der Waals surface area contributed by atoms with Crippen molar-refractivity contribution in [2.45, 2.75) is 70.0 Å². The second-order valence-electron chi connectivity index (χ2n) is 12.2. The van der Waals surface area contributed by atoms with Crippen LogP contribution < -0.4 is 5.73 Å². The molecule has 10 nitrogen and oxygen atoms in total. The Kier molecular flexibility index (Phi) is 4.84. The van der Waals surface area contributed by atoms with Crippen LogP contribution in [0.4, 0.5) is 0 Å². The summed E-state index contributed by atoms with van der Waals surface area (Å²) in [5.41, 5.74) is -1.99. The molecule has 0 bridgehead atoms. The molecule has 2 aromatic carbocycles. The fourth-order valence-corrected chi connectivity index (χ4v) is 8.04. The molecule has 6 rings (SSSR count). The lowest BCUT2D eigenvalue weighted by molar-refractivity contribution is -0.139. The fourth-order valence-electron chi connectivity index (χ4n) is 8.04. The highest BCUT2D eigenvalue weighted by molar-refractivity contribution is 6.32. The molecule has 0 aliphatic heterocycles. The molecule has 1 amide bonds. The molecule has 1 spiro atoms. The van der Waals surface area contributed by atoms with E-state index in [4.69, 9.17) is 5.73 Å². The number of carbonyl (C=O) groups excluding carboxylic acids is 4. The zero-order valence-corrected chi connectivity index (χ0v) is 22.4. The molecule has 0 unspecified atom stereocenters. The monoisotopic (exact) mass is 547 g/mol. The molecule has 0 aromatic heterocycles. The van der Waals surface area contributed by atoms with Gasteiger partial charge in [-0.2, -0.15) is 0 Å². The van der Waals surface area contributed by atoms with Gasteiger partial charge in [-0.3, -0.25) is 19.2 Å². The van der Waals surface area contributed by atoms with Crippen LogP contribution in [0.25, 0.3) is 10.8 Å². The number of aliphatic hydroxyl groups is 3. The molecule has 208 valence electrons. The van der Waals surface area contributed by atoms with Gasteiger partial charge in [0, 0.05) is 11.0 Å². The molecule has 0 heterocycles. The first kappa shape index (κ1) is 26.2. The number of phenolic OH excluding ortho intramolecular Hbond substituents is 2. The Bertz CT molecular complexity index is 1750. The summed E-state index contributed by atoms with van der Waals surface area (Å²) in [5.74, 6) is -8.20. The fraction of sp³-hybridized carbons (Fsp3) is 0.400. The summed E-state index contributed by atoms with van der Waals surface area (Å²) in [4.78, 5) is 52.9. The summed E-state index contributed by atoms with van der Waals surface area (Å²) in [6, 6.07) is 1.47. The highest BCUT2D eigenvalue weighted by Crippen LogP contribution is 2.64. The van der Waals surface area contributed by atoms with E-state index in [0.717, 1.165) is 24.0 Å². The summed E-state index contributed by atoms with van der Waals surface area (Å²) in [5, 5.41) is 56.8. The van der Waals surface area contributed by atoms with Gasteiger partial charge in [0.25, 0.3) is 5.91 Å². The van der Waals surface area contributed by atoms with Gasteiger partial charge in [-0.1, -0.05) is 25.5 Å². The second-order valence-corrected chi connectivity index (χ2v) is 12.2. The van der Waals surface area contributed by atoms with Crippen LogP contribution in [0.1, 0.15) is 77.4 Å². The van der Waals surface area contributed by atoms with Crippen LogP contribution in [-0.4, -0.2) is 60.0 Å². The minimum absolute atomic E-state index is 0.110. The number of benzene rings is 2. The maximum atomic E-state index is 14.2. The van der Waals surface area contributed by atoms with Crippen molar-refractivity contribution >= 4 is 34.0 Å². The van der Waals surface area contributed by atoms with E-state index in [1.165, 1.54) is 6.07 Å². The smallest absolute Gasteiger partial charge is 0.255 e. The molecule has 3 atom stereocenters. The lowest BCUT2D eigenvalue weighted by atomic mass is 9.53. The number of phenols is 2. The number of carbonyl (C=O) groups is 4. The normalized spacial score (nSPS) is 30.6. The number of primary amides is 1. The molecule has 40 heavy (non-hydrogen) atoms. The van der Waals surface area contributed by atoms with Gasteiger partial charge >= 0.3 is 0 Å². The van der Waals surface area contributed by atoms with E-state index in [0.29, 0.717) is 10.9 Å². The average Bonchev–Trinajstić information content (AvgIpc) is 3.21. The summed E-state index contributed by atoms with van der Waals surface area (Å²) < 4.78 is 0. The average molecular weight is 548 g/mol. The molecule has 0 saturated heterocycles. The van der Waals surface area contributed by atoms with Crippen LogP contribution in [0.3, 0.4) is 0 Å². The van der Waals surface area contributed by atoms with Crippen LogP contribution >= 0.6 is 0 Å². The Balaban J connectivity index is 1.79. The van der Waals surface area contributed by atoms with E-state index >= 15 is 0 Å². The van der Waals surface area contributed by atoms with Crippen molar-refractivity contribution in [3.8, 4) is 11.5 Å². The maximum absolute atomic E-state index is 14.2. The van der Waals surface area contributed by atoms with E-state index in [9.17, 15) is 44.7 Å². The second kappa shape index (κ2) is 7.38. The number of aryl methyl sites for hydroxylation is 1. The van der Waals surface area contributed by atoms with Gasteiger partial charge in [-0.05, 0) is 66.7 Å². The van der Waals surface area contributed by atoms with E-state index in [1.54, 1.807) is 0 Å². The predicted molar refractivity (Wildman–Crippen MR) is 141 cm³/mol. The number of nitrogens with two attached hydrogens (primary N) is 1. The van der Waals surface area contributed by atoms with E-state index in [2.05, 4.69) is 19.9 Å². The Hall–Kier alpha value is -4.02. The summed E-state index contributed by atoms with van der Waals surface area (Å²) in [6.45, 7) is 7.97. The third-order valence-corrected chi connectivity index (χ3v) is 10.0. The quantitative estimate of drug-likeness (QED) is 0.229. The van der Waals surface area contributed by atoms with Crippen molar-refractivity contribution < 1.29 is 44.7 Å². The standard InChI is InChI=1S/C30H29NO9/c1-11-8-14(32)18-16-13(9-28(21(11)16)12(2)6-5-7-27(28,3)4)17-20(22(18)34)25(37)30(40)24(36)19(26(31)38)15(33)10-29(30,39)23(17)35/h6,8,32,34,36,39-40H,5,7,9-10H2,1-4H3,(H2,31,38)/t28-,29-,30+/m0/s1. The Morgan fingerprint density at radius 2 is 1.60 bits per heavy atom. The van der Waals surface area contributed by atoms with Gasteiger partial charge in [-0.25, -0.2) is 0 Å². The van der Waals surface area contributed by atoms with Crippen LogP contribution in [0.2, 0.25) is 0 Å². The first-order chi connectivity index (χ1) is 18.5. The lowest BCUT2D eigenvalue weighted by Gasteiger charge is -2.50. The third-order valence-electron chi connectivity index (χ3n) is 10.0. The van der Waals surface area contributed by atoms with Crippen LogP contribution in [0, 0.1) is 12.3 Å². The van der Waals surface area contributed by atoms with Gasteiger partial charge in [0.1, 0.15) is 17.1 Å². The SMILES string of the molecule is CC1=CCCC(C)(C)[C@@]12Cc1c3c(c(O)c4c(O)cc(C)c2c14)C(=O)[C@]1(O)C(O)=C(C(N)=O)C(=O)C[C@]1(O)C3=O. The topological polar surface area (TPSA) is 195 Å². The van der Waals surface area contributed by atoms with Gasteiger partial charge in [0.05, 0.1) is 17.4 Å². The number of Topliss-reactive ketones (excluding diaryl/α,β-unsaturated/α-hetero) is 3. The van der Waals surface area contributed by atoms with E-state index in [-0.39, 0.29) is 34.1 Å². The number of aliphatic hydroxyl groups excluding tert-OH is 1. The number of ketones is 3. The van der Waals surface area contributed by atoms with E-state index in [1.807, 2.05) is 13.8 Å². The number of aromatic hydroxyl groups is 2. The molecule has 10 heteroatoms. The van der Waals surface area contributed by atoms with Gasteiger partial charge < -0.3 is 31.3 Å². The first-order valence-corrected chi connectivity index (χ1v) is 13.0. The maximum Gasteiger partial charge on any atom is 0.255 e. The molecule has 4 aliphatic carbocycles. The molecule has 0 fully saturated rings. The van der Waals surface area contributed by atoms with Gasteiger partial charge in [0.15, 0.2) is 22.9 Å². The summed E-state index contributed by atoms with van der Waals surface area (Å²) in [7, 11) is 0. The summed E-state index contributed by atoms with van der Waals surface area (Å²) in [6.07, 6.45) is 2.69. The summed E-state index contributed by atoms with van der Waals surface area (Å²) >= 11 is 0. The Labute approximate surface area is 228 Å². The third kappa shape index (κ3) is 2.53. The molecule has 7 N–H and O–H groups in total. The molecular weight excluding hydrogens is 518 g/mol. The number of hydrogen-bond donors (Lipinski definition) is 6. The Morgan fingerprint density at radius 1 is 0.950 bits per heavy atom. The van der Waals surface area contributed by atoms with Crippen molar-refractivity contribution in [2.24, 2.45) is 11.1 Å². The van der Waals surface area contributed by atoms with E-state index < -0.39 is 68.9 Å². The van der Waals surface area contributed by atoms with Crippen molar-refractivity contribution in [1.29, 1.82) is 0 Å². The molecule has 4 aliphatic rings.